The Bertz CT molecular complexity index is 1220. The van der Waals surface area contributed by atoms with Crippen LogP contribution in [0.15, 0.2) is 66.5 Å². The van der Waals surface area contributed by atoms with Crippen molar-refractivity contribution in [3.63, 3.8) is 0 Å². The number of rotatable bonds is 8. The third-order valence-corrected chi connectivity index (χ3v) is 6.67. The van der Waals surface area contributed by atoms with Gasteiger partial charge in [-0.1, -0.05) is 42.4 Å². The van der Waals surface area contributed by atoms with Crippen LogP contribution in [-0.4, -0.2) is 47.2 Å². The van der Waals surface area contributed by atoms with Crippen molar-refractivity contribution in [1.82, 2.24) is 15.1 Å². The van der Waals surface area contributed by atoms with Gasteiger partial charge in [-0.05, 0) is 68.1 Å². The Morgan fingerprint density at radius 2 is 1.97 bits per heavy atom. The number of likely N-dealkylation sites (N-methyl/N-ethyl adjacent to an activating group) is 1. The lowest BCUT2D eigenvalue weighted by Gasteiger charge is -2.29. The zero-order chi connectivity index (χ0) is 25.1. The molecule has 8 heteroatoms. The number of carbonyl (C=O) groups is 3. The molecule has 0 aliphatic carbocycles. The molecule has 3 amide bonds. The Labute approximate surface area is 210 Å². The third kappa shape index (κ3) is 5.81. The molecule has 2 N–H and O–H groups in total. The molecule has 182 valence electrons. The van der Waals surface area contributed by atoms with Gasteiger partial charge in [0.25, 0.3) is 11.8 Å². The van der Waals surface area contributed by atoms with Crippen LogP contribution in [0.1, 0.15) is 29.5 Å². The molecule has 1 unspecified atom stereocenters. The van der Waals surface area contributed by atoms with Crippen LogP contribution in [0.2, 0.25) is 5.02 Å². The van der Waals surface area contributed by atoms with E-state index in [-0.39, 0.29) is 11.6 Å². The highest BCUT2D eigenvalue weighted by atomic mass is 35.5. The number of amides is 3. The van der Waals surface area contributed by atoms with E-state index in [1.165, 1.54) is 11.6 Å². The number of hydrogen-bond acceptors (Lipinski definition) is 5. The Kier molecular flexibility index (Phi) is 7.38. The van der Waals surface area contributed by atoms with Crippen molar-refractivity contribution in [2.45, 2.75) is 38.8 Å². The van der Waals surface area contributed by atoms with E-state index in [4.69, 9.17) is 11.6 Å². The minimum atomic E-state index is -0.820. The highest BCUT2D eigenvalue weighted by molar-refractivity contribution is 6.31. The minimum absolute atomic E-state index is 0.161. The summed E-state index contributed by atoms with van der Waals surface area (Å²) in [6.07, 6.45) is 3.04. The Morgan fingerprint density at radius 1 is 1.17 bits per heavy atom. The molecule has 2 aliphatic rings. The van der Waals surface area contributed by atoms with Crippen molar-refractivity contribution in [2.75, 3.05) is 18.9 Å². The Balaban J connectivity index is 1.35. The highest BCUT2D eigenvalue weighted by Gasteiger charge is 2.41. The number of hydrogen-bond donors (Lipinski definition) is 2. The fraction of sp³-hybridized carbons (Fsp3) is 0.296. The first-order chi connectivity index (χ1) is 16.7. The number of benzene rings is 2. The average Bonchev–Trinajstić information content (AvgIpc) is 3.08. The molecule has 0 aromatic heterocycles. The van der Waals surface area contributed by atoms with Crippen LogP contribution < -0.4 is 10.6 Å². The maximum Gasteiger partial charge on any atom is 0.278 e. The molecule has 1 fully saturated rings. The van der Waals surface area contributed by atoms with E-state index < -0.39 is 17.9 Å². The average molecular weight is 493 g/mol. The van der Waals surface area contributed by atoms with Crippen molar-refractivity contribution >= 4 is 35.0 Å². The standard InChI is InChI=1S/C27H29ClN4O3/c1-17-7-9-19(14-22(17)28)11-12-31(3)16-20-5-4-6-21(13-20)30-23-15-25(33)32(27(23)35)24-10-8-18(2)29-26(24)34/h4-7,9,13-15,24,30H,2,8,10-12,16H2,1,3H3,(H,29,34). The minimum Gasteiger partial charge on any atom is -0.351 e. The smallest absolute Gasteiger partial charge is 0.278 e. The first-order valence-corrected chi connectivity index (χ1v) is 12.0. The molecular weight excluding hydrogens is 464 g/mol. The summed E-state index contributed by atoms with van der Waals surface area (Å²) < 4.78 is 0. The molecule has 2 heterocycles. The van der Waals surface area contributed by atoms with Crippen molar-refractivity contribution < 1.29 is 14.4 Å². The number of piperidine rings is 1. The molecule has 35 heavy (non-hydrogen) atoms. The van der Waals surface area contributed by atoms with Crippen LogP contribution in [-0.2, 0) is 27.3 Å². The van der Waals surface area contributed by atoms with E-state index in [9.17, 15) is 14.4 Å². The molecule has 7 nitrogen and oxygen atoms in total. The molecule has 1 saturated heterocycles. The largest absolute Gasteiger partial charge is 0.351 e. The molecule has 0 spiro atoms. The summed E-state index contributed by atoms with van der Waals surface area (Å²) in [5, 5.41) is 6.48. The summed E-state index contributed by atoms with van der Waals surface area (Å²) in [5.41, 5.74) is 4.80. The van der Waals surface area contributed by atoms with Gasteiger partial charge in [0.2, 0.25) is 5.91 Å². The summed E-state index contributed by atoms with van der Waals surface area (Å²) in [4.78, 5) is 41.0. The van der Waals surface area contributed by atoms with Gasteiger partial charge in [0, 0.05) is 35.6 Å². The summed E-state index contributed by atoms with van der Waals surface area (Å²) in [5.74, 6) is -1.37. The van der Waals surface area contributed by atoms with E-state index in [1.54, 1.807) is 0 Å². The lowest BCUT2D eigenvalue weighted by Crippen LogP contribution is -2.52. The number of imide groups is 1. The molecular formula is C27H29ClN4O3. The van der Waals surface area contributed by atoms with Gasteiger partial charge in [-0.2, -0.15) is 0 Å². The van der Waals surface area contributed by atoms with Gasteiger partial charge in [-0.25, -0.2) is 0 Å². The predicted molar refractivity (Wildman–Crippen MR) is 137 cm³/mol. The molecule has 0 saturated carbocycles. The fourth-order valence-electron chi connectivity index (χ4n) is 4.28. The Hall–Kier alpha value is -3.42. The topological polar surface area (TPSA) is 81.8 Å². The third-order valence-electron chi connectivity index (χ3n) is 6.27. The zero-order valence-electron chi connectivity index (χ0n) is 19.9. The molecule has 2 aromatic carbocycles. The first-order valence-electron chi connectivity index (χ1n) is 11.6. The number of anilines is 1. The van der Waals surface area contributed by atoms with Crippen LogP contribution in [0.5, 0.6) is 0 Å². The zero-order valence-corrected chi connectivity index (χ0v) is 20.7. The number of nitrogens with one attached hydrogen (secondary N) is 2. The molecule has 0 bridgehead atoms. The van der Waals surface area contributed by atoms with Gasteiger partial charge in [0.15, 0.2) is 0 Å². The normalized spacial score (nSPS) is 18.2. The fourth-order valence-corrected chi connectivity index (χ4v) is 4.49. The molecule has 2 aliphatic heterocycles. The number of allylic oxidation sites excluding steroid dienone is 1. The second-order valence-corrected chi connectivity index (χ2v) is 9.52. The van der Waals surface area contributed by atoms with Gasteiger partial charge in [0.1, 0.15) is 11.7 Å². The van der Waals surface area contributed by atoms with E-state index in [2.05, 4.69) is 35.2 Å². The number of carbonyl (C=O) groups excluding carboxylic acids is 3. The highest BCUT2D eigenvalue weighted by Crippen LogP contribution is 2.25. The van der Waals surface area contributed by atoms with E-state index in [1.807, 2.05) is 43.3 Å². The van der Waals surface area contributed by atoms with Gasteiger partial charge in [-0.15, -0.1) is 0 Å². The number of nitrogens with zero attached hydrogens (tertiary/aromatic N) is 2. The van der Waals surface area contributed by atoms with Crippen molar-refractivity contribution in [3.8, 4) is 0 Å². The van der Waals surface area contributed by atoms with Crippen LogP contribution in [0.4, 0.5) is 5.69 Å². The maximum atomic E-state index is 12.9. The molecule has 4 rings (SSSR count). The van der Waals surface area contributed by atoms with Crippen molar-refractivity contribution in [3.05, 3.63) is 88.2 Å². The lowest BCUT2D eigenvalue weighted by atomic mass is 10.0. The first kappa shape index (κ1) is 24.7. The van der Waals surface area contributed by atoms with Crippen LogP contribution in [0, 0.1) is 6.92 Å². The van der Waals surface area contributed by atoms with Crippen LogP contribution in [0.3, 0.4) is 0 Å². The second kappa shape index (κ2) is 10.5. The van der Waals surface area contributed by atoms with E-state index >= 15 is 0 Å². The van der Waals surface area contributed by atoms with Crippen molar-refractivity contribution in [2.24, 2.45) is 0 Å². The predicted octanol–water partition coefficient (Wildman–Crippen LogP) is 3.78. The van der Waals surface area contributed by atoms with Crippen LogP contribution >= 0.6 is 11.6 Å². The summed E-state index contributed by atoms with van der Waals surface area (Å²) >= 11 is 6.24. The summed E-state index contributed by atoms with van der Waals surface area (Å²) in [6, 6.07) is 13.1. The molecule has 0 radical (unpaired) electrons. The Morgan fingerprint density at radius 3 is 2.71 bits per heavy atom. The number of halogens is 1. The SMILES string of the molecule is C=C1CCC(N2C(=O)C=C(Nc3cccc(CN(C)CCc4ccc(C)c(Cl)c4)c3)C2=O)C(=O)N1. The van der Waals surface area contributed by atoms with E-state index in [0.717, 1.165) is 40.6 Å². The molecule has 2 aromatic rings. The lowest BCUT2D eigenvalue weighted by molar-refractivity contribution is -0.146. The summed E-state index contributed by atoms with van der Waals surface area (Å²) in [6.45, 7) is 7.32. The second-order valence-electron chi connectivity index (χ2n) is 9.12. The summed E-state index contributed by atoms with van der Waals surface area (Å²) in [7, 11) is 2.05. The number of aryl methyl sites for hydroxylation is 1. The van der Waals surface area contributed by atoms with Gasteiger partial charge >= 0.3 is 0 Å². The van der Waals surface area contributed by atoms with Gasteiger partial charge in [0.05, 0.1) is 0 Å². The quantitative estimate of drug-likeness (QED) is 0.548. The molecule has 1 atom stereocenters. The monoisotopic (exact) mass is 492 g/mol. The maximum absolute atomic E-state index is 12.9. The van der Waals surface area contributed by atoms with Gasteiger partial charge in [-0.3, -0.25) is 19.3 Å². The van der Waals surface area contributed by atoms with Crippen LogP contribution in [0.25, 0.3) is 0 Å². The van der Waals surface area contributed by atoms with Gasteiger partial charge < -0.3 is 15.5 Å². The van der Waals surface area contributed by atoms with Crippen molar-refractivity contribution in [1.29, 1.82) is 0 Å². The van der Waals surface area contributed by atoms with E-state index in [0.29, 0.717) is 24.2 Å².